The van der Waals surface area contributed by atoms with Crippen LogP contribution in [0, 0.1) is 17.7 Å². The number of oxazole rings is 1. The highest BCUT2D eigenvalue weighted by Crippen LogP contribution is 2.68. The van der Waals surface area contributed by atoms with E-state index in [4.69, 9.17) is 9.83 Å². The molecule has 1 aromatic carbocycles. The number of thioether (sulfide) groups is 1. The number of hydrogen-bond acceptors (Lipinski definition) is 5. The molecule has 1 aromatic heterocycles. The third-order valence-electron chi connectivity index (χ3n) is 6.91. The second-order valence-corrected chi connectivity index (χ2v) is 11.1. The summed E-state index contributed by atoms with van der Waals surface area (Å²) in [7, 11) is 1.92. The van der Waals surface area contributed by atoms with Crippen molar-refractivity contribution in [3.05, 3.63) is 63.3 Å². The molecule has 0 amide bonds. The third-order valence-corrected chi connectivity index (χ3v) is 8.70. The van der Waals surface area contributed by atoms with E-state index < -0.39 is 0 Å². The van der Waals surface area contributed by atoms with Gasteiger partial charge < -0.3 is 14.2 Å². The molecule has 5 nitrogen and oxygen atoms in total. The van der Waals surface area contributed by atoms with E-state index in [-0.39, 0.29) is 0 Å². The van der Waals surface area contributed by atoms with Crippen LogP contribution in [0.25, 0.3) is 0 Å². The van der Waals surface area contributed by atoms with Crippen LogP contribution in [-0.2, 0) is 5.41 Å². The van der Waals surface area contributed by atoms with Gasteiger partial charge in [0.2, 0.25) is 0 Å². The summed E-state index contributed by atoms with van der Waals surface area (Å²) in [6.07, 6.45) is 5.91. The monoisotopic (exact) mass is 502 g/mol. The van der Waals surface area contributed by atoms with E-state index in [2.05, 4.69) is 63.1 Å². The fourth-order valence-electron chi connectivity index (χ4n) is 5.12. The van der Waals surface area contributed by atoms with Crippen molar-refractivity contribution in [2.24, 2.45) is 5.41 Å². The molecule has 2 fully saturated rings. The molecule has 7 heteroatoms. The number of aryl methyl sites for hydroxylation is 1. The lowest BCUT2D eigenvalue weighted by Gasteiger charge is -2.23. The lowest BCUT2D eigenvalue weighted by Crippen LogP contribution is -2.28. The lowest BCUT2D eigenvalue weighted by atomic mass is 9.90. The second kappa shape index (κ2) is 8.75. The van der Waals surface area contributed by atoms with Crippen molar-refractivity contribution in [2.75, 3.05) is 32.4 Å². The number of allylic oxidation sites excluding steroid dienone is 1. The number of piperidine rings is 1. The Morgan fingerprint density at radius 3 is 2.90 bits per heavy atom. The zero-order valence-corrected chi connectivity index (χ0v) is 21.1. The number of aromatic nitrogens is 1. The Bertz CT molecular complexity index is 1000. The van der Waals surface area contributed by atoms with Crippen molar-refractivity contribution < 1.29 is 4.42 Å². The van der Waals surface area contributed by atoms with Crippen LogP contribution in [0.1, 0.15) is 43.7 Å². The minimum absolute atomic E-state index is 0.336. The number of halogens is 1. The van der Waals surface area contributed by atoms with Crippen molar-refractivity contribution in [3.8, 4) is 0 Å². The summed E-state index contributed by atoms with van der Waals surface area (Å²) in [5.41, 5.74) is 2.99. The quantitative estimate of drug-likeness (QED) is 0.287. The van der Waals surface area contributed by atoms with E-state index in [0.717, 1.165) is 36.0 Å². The highest BCUT2D eigenvalue weighted by atomic mass is 79.9. The van der Waals surface area contributed by atoms with E-state index in [0.29, 0.717) is 22.4 Å². The van der Waals surface area contributed by atoms with Crippen molar-refractivity contribution in [1.82, 2.24) is 14.8 Å². The fourth-order valence-corrected chi connectivity index (χ4v) is 6.46. The molecule has 2 atom stereocenters. The largest absolute Gasteiger partial charge is 0.440 e. The number of likely N-dealkylation sites (tertiary alicyclic amines) is 1. The van der Waals surface area contributed by atoms with Crippen molar-refractivity contribution in [1.29, 1.82) is 5.41 Å². The van der Waals surface area contributed by atoms with Crippen LogP contribution in [0.3, 0.4) is 0 Å². The van der Waals surface area contributed by atoms with Gasteiger partial charge in [-0.1, -0.05) is 41.1 Å². The Morgan fingerprint density at radius 2 is 2.23 bits per heavy atom. The van der Waals surface area contributed by atoms with E-state index >= 15 is 0 Å². The molecule has 1 N–H and O–H groups in total. The molecule has 1 aliphatic heterocycles. The minimum Gasteiger partial charge on any atom is -0.440 e. The van der Waals surface area contributed by atoms with E-state index in [9.17, 15) is 0 Å². The summed E-state index contributed by atoms with van der Waals surface area (Å²) in [5, 5.41) is 9.51. The van der Waals surface area contributed by atoms with Gasteiger partial charge >= 0.3 is 0 Å². The first-order chi connectivity index (χ1) is 14.8. The Morgan fingerprint density at radius 1 is 1.42 bits per heavy atom. The van der Waals surface area contributed by atoms with Crippen LogP contribution < -0.4 is 0 Å². The summed E-state index contributed by atoms with van der Waals surface area (Å²) in [4.78, 5) is 8.63. The summed E-state index contributed by atoms with van der Waals surface area (Å²) in [6.45, 7) is 9.82. The number of nitrogens with zero attached hydrogens (tertiary/aromatic N) is 3. The standard InChI is InChI=1S/C24H31BrN4OS/c1-5-20(28(4)22(26)21-17(2)27-16-30-21)31-11-7-10-29-14-23(3)13-24(23,15-29)18-8-6-9-19(25)12-18/h5-6,8-9,12,16,26H,7,10-11,13-15H2,1-4H3/b20-5-,26-22?/t23-,24?/m1/s1. The van der Waals surface area contributed by atoms with Crippen molar-refractivity contribution >= 4 is 33.5 Å². The van der Waals surface area contributed by atoms with Gasteiger partial charge in [-0.2, -0.15) is 0 Å². The molecule has 4 rings (SSSR count). The molecule has 31 heavy (non-hydrogen) atoms. The molecule has 0 radical (unpaired) electrons. The van der Waals surface area contributed by atoms with Crippen LogP contribution in [0.5, 0.6) is 0 Å². The molecular formula is C24H31BrN4OS. The van der Waals surface area contributed by atoms with E-state index in [1.54, 1.807) is 11.8 Å². The average Bonchev–Trinajstić information content (AvgIpc) is 3.01. The zero-order valence-electron chi connectivity index (χ0n) is 18.7. The van der Waals surface area contributed by atoms with Gasteiger partial charge in [0.05, 0.1) is 10.7 Å². The average molecular weight is 504 g/mol. The van der Waals surface area contributed by atoms with Crippen LogP contribution in [-0.4, -0.2) is 53.1 Å². The normalized spacial score (nSPS) is 25.5. The lowest BCUT2D eigenvalue weighted by molar-refractivity contribution is 0.285. The van der Waals surface area contributed by atoms with Gasteiger partial charge in [0.1, 0.15) is 0 Å². The van der Waals surface area contributed by atoms with Gasteiger partial charge in [-0.3, -0.25) is 5.41 Å². The van der Waals surface area contributed by atoms with Gasteiger partial charge in [-0.05, 0) is 56.3 Å². The third kappa shape index (κ3) is 4.24. The molecule has 1 unspecified atom stereocenters. The van der Waals surface area contributed by atoms with Gasteiger partial charge in [0, 0.05) is 35.8 Å². The summed E-state index contributed by atoms with van der Waals surface area (Å²) >= 11 is 5.45. The first-order valence-corrected chi connectivity index (χ1v) is 12.6. The summed E-state index contributed by atoms with van der Waals surface area (Å²) in [6, 6.07) is 8.89. The molecule has 1 saturated carbocycles. The molecular weight excluding hydrogens is 472 g/mol. The number of rotatable bonds is 8. The second-order valence-electron chi connectivity index (χ2n) is 9.04. The molecule has 1 aliphatic carbocycles. The van der Waals surface area contributed by atoms with Gasteiger partial charge in [-0.15, -0.1) is 11.8 Å². The Kier molecular flexibility index (Phi) is 6.39. The van der Waals surface area contributed by atoms with E-state index in [1.165, 1.54) is 29.4 Å². The van der Waals surface area contributed by atoms with Crippen LogP contribution >= 0.6 is 27.7 Å². The summed E-state index contributed by atoms with van der Waals surface area (Å²) in [5.74, 6) is 1.91. The maximum Gasteiger partial charge on any atom is 0.192 e. The SMILES string of the molecule is C/C=C(\SCCCN1CC2(c3cccc(Br)c3)C[C@]2(C)C1)N(C)C(=N)c1ocnc1C. The Hall–Kier alpha value is -1.57. The van der Waals surface area contributed by atoms with Gasteiger partial charge in [0.25, 0.3) is 0 Å². The topological polar surface area (TPSA) is 56.4 Å². The van der Waals surface area contributed by atoms with Crippen LogP contribution in [0.4, 0.5) is 0 Å². The predicted molar refractivity (Wildman–Crippen MR) is 132 cm³/mol. The molecule has 166 valence electrons. The summed E-state index contributed by atoms with van der Waals surface area (Å²) < 4.78 is 6.57. The molecule has 0 bridgehead atoms. The Balaban J connectivity index is 1.27. The number of fused-ring (bicyclic) bond motifs is 1. The number of hydrogen-bond donors (Lipinski definition) is 1. The zero-order chi connectivity index (χ0) is 22.2. The highest BCUT2D eigenvalue weighted by Gasteiger charge is 2.69. The van der Waals surface area contributed by atoms with E-state index in [1.807, 2.05) is 25.8 Å². The van der Waals surface area contributed by atoms with Crippen molar-refractivity contribution in [2.45, 2.75) is 39.0 Å². The number of amidine groups is 1. The maximum atomic E-state index is 8.44. The first-order valence-electron chi connectivity index (χ1n) is 10.8. The first kappa shape index (κ1) is 22.6. The van der Waals surface area contributed by atoms with Crippen molar-refractivity contribution in [3.63, 3.8) is 0 Å². The molecule has 2 aliphatic rings. The predicted octanol–water partition coefficient (Wildman–Crippen LogP) is 5.65. The van der Waals surface area contributed by atoms with Crippen LogP contribution in [0.15, 0.2) is 50.7 Å². The molecule has 2 heterocycles. The van der Waals surface area contributed by atoms with Gasteiger partial charge in [0.15, 0.2) is 18.0 Å². The Labute approximate surface area is 197 Å². The molecule has 1 saturated heterocycles. The number of benzene rings is 1. The fraction of sp³-hybridized carbons (Fsp3) is 0.500. The maximum absolute atomic E-state index is 8.44. The molecule has 2 aromatic rings. The highest BCUT2D eigenvalue weighted by molar-refractivity contribution is 9.10. The van der Waals surface area contributed by atoms with Crippen LogP contribution in [0.2, 0.25) is 0 Å². The molecule has 0 spiro atoms. The minimum atomic E-state index is 0.336. The van der Waals surface area contributed by atoms with Gasteiger partial charge in [-0.25, -0.2) is 4.98 Å². The number of nitrogens with one attached hydrogen (secondary N) is 1. The smallest absolute Gasteiger partial charge is 0.192 e.